The number of sulfonamides is 1. The number of likely N-dealkylation sites (tertiary alicyclic amines) is 1. The van der Waals surface area contributed by atoms with Gasteiger partial charge in [0.15, 0.2) is 12.4 Å². The number of amides is 1. The van der Waals surface area contributed by atoms with Crippen LogP contribution in [-0.4, -0.2) is 57.3 Å². The van der Waals surface area contributed by atoms with Crippen molar-refractivity contribution in [3.63, 3.8) is 0 Å². The molecule has 9 heteroatoms. The number of benzene rings is 1. The maximum atomic E-state index is 12.4. The van der Waals surface area contributed by atoms with Crippen LogP contribution in [0.5, 0.6) is 0 Å². The van der Waals surface area contributed by atoms with E-state index in [0.29, 0.717) is 18.5 Å². The van der Waals surface area contributed by atoms with Gasteiger partial charge in [0.2, 0.25) is 0 Å². The Bertz CT molecular complexity index is 834. The topological polar surface area (TPSA) is 105 Å². The van der Waals surface area contributed by atoms with E-state index < -0.39 is 27.9 Å². The zero-order valence-electron chi connectivity index (χ0n) is 13.8. The van der Waals surface area contributed by atoms with Crippen LogP contribution in [-0.2, 0) is 24.3 Å². The van der Waals surface area contributed by atoms with E-state index in [1.54, 1.807) is 23.1 Å². The number of rotatable bonds is 3. The van der Waals surface area contributed by atoms with Gasteiger partial charge in [0.05, 0.1) is 0 Å². The first-order valence-corrected chi connectivity index (χ1v) is 9.46. The summed E-state index contributed by atoms with van der Waals surface area (Å²) in [4.78, 5) is 25.5. The lowest BCUT2D eigenvalue weighted by atomic mass is 10.0. The van der Waals surface area contributed by atoms with E-state index in [0.717, 1.165) is 12.8 Å². The third-order valence-corrected chi connectivity index (χ3v) is 5.61. The highest BCUT2D eigenvalue weighted by molar-refractivity contribution is 7.90. The van der Waals surface area contributed by atoms with Crippen molar-refractivity contribution in [3.05, 3.63) is 29.8 Å². The molecule has 3 rings (SSSR count). The van der Waals surface area contributed by atoms with Crippen molar-refractivity contribution in [2.75, 3.05) is 20.2 Å². The average Bonchev–Trinajstić information content (AvgIpc) is 2.91. The van der Waals surface area contributed by atoms with Crippen LogP contribution in [0.2, 0.25) is 0 Å². The molecule has 0 unspecified atom stereocenters. The molecule has 0 aromatic heterocycles. The van der Waals surface area contributed by atoms with Crippen LogP contribution in [0.3, 0.4) is 0 Å². The van der Waals surface area contributed by atoms with E-state index in [9.17, 15) is 18.0 Å². The molecule has 2 aliphatic rings. The van der Waals surface area contributed by atoms with E-state index in [-0.39, 0.29) is 17.3 Å². The first-order chi connectivity index (χ1) is 11.9. The van der Waals surface area contributed by atoms with Gasteiger partial charge in [-0.1, -0.05) is 12.1 Å². The van der Waals surface area contributed by atoms with Crippen molar-refractivity contribution in [1.29, 1.82) is 0 Å². The summed E-state index contributed by atoms with van der Waals surface area (Å²) in [6, 6.07) is 5.90. The highest BCUT2D eigenvalue weighted by atomic mass is 32.2. The van der Waals surface area contributed by atoms with Gasteiger partial charge in [-0.2, -0.15) is 8.42 Å². The van der Waals surface area contributed by atoms with E-state index in [2.05, 4.69) is 9.71 Å². The summed E-state index contributed by atoms with van der Waals surface area (Å²) in [5.41, 5.74) is 0.494. The maximum Gasteiger partial charge on any atom is 0.329 e. The second kappa shape index (κ2) is 6.83. The molecule has 1 aromatic rings. The van der Waals surface area contributed by atoms with Gasteiger partial charge in [-0.25, -0.2) is 4.79 Å². The number of ether oxygens (including phenoxy) is 1. The molecule has 1 fully saturated rings. The molecular weight excluding hydrogens is 346 g/mol. The molecule has 0 aliphatic carbocycles. The molecule has 1 amide bonds. The molecular formula is C16H19N3O5S. The Hall–Kier alpha value is -2.42. The molecule has 0 radical (unpaired) electrons. The summed E-state index contributed by atoms with van der Waals surface area (Å²) in [5.74, 6) is -0.674. The fourth-order valence-corrected chi connectivity index (χ4v) is 4.25. The van der Waals surface area contributed by atoms with Crippen molar-refractivity contribution in [2.24, 2.45) is 4.40 Å². The first kappa shape index (κ1) is 17.4. The Labute approximate surface area is 145 Å². The Morgan fingerprint density at radius 2 is 2.08 bits per heavy atom. The zero-order chi connectivity index (χ0) is 18.0. The number of amidine groups is 1. The van der Waals surface area contributed by atoms with Crippen molar-refractivity contribution in [3.8, 4) is 0 Å². The number of likely N-dealkylation sites (N-methyl/N-ethyl adjacent to an activating group) is 1. The molecule has 8 nitrogen and oxygen atoms in total. The minimum absolute atomic E-state index is 0.146. The molecule has 1 atom stereocenters. The van der Waals surface area contributed by atoms with E-state index in [1.165, 1.54) is 13.1 Å². The summed E-state index contributed by atoms with van der Waals surface area (Å²) in [6.07, 6.45) is 2.16. The van der Waals surface area contributed by atoms with Gasteiger partial charge in [0.1, 0.15) is 10.9 Å². The van der Waals surface area contributed by atoms with Crippen LogP contribution in [0.15, 0.2) is 33.6 Å². The lowest BCUT2D eigenvalue weighted by molar-refractivity contribution is -0.153. The molecule has 2 aliphatic heterocycles. The number of hydrogen-bond donors (Lipinski definition) is 1. The number of carbonyl (C=O) groups is 2. The summed E-state index contributed by atoms with van der Waals surface area (Å²) in [7, 11) is -2.30. The largest absolute Gasteiger partial charge is 0.454 e. The van der Waals surface area contributed by atoms with E-state index >= 15 is 0 Å². The number of carbonyl (C=O) groups excluding carboxylic acids is 2. The number of nitrogens with zero attached hydrogens (tertiary/aromatic N) is 2. The molecule has 1 aromatic carbocycles. The number of esters is 1. The Balaban J connectivity index is 1.87. The number of piperidine rings is 1. The standard InChI is InChI=1S/C16H19N3O5S/c1-17-14(20)10-24-16(21)12-7-4-5-9-19(12)15-11-6-2-3-8-13(11)25(22,23)18-15/h2-3,6,8,12H,4-5,7,9-10H2,1H3,(H,17,20)/t12-/m0/s1. The second-order valence-corrected chi connectivity index (χ2v) is 7.44. The third-order valence-electron chi connectivity index (χ3n) is 4.28. The van der Waals surface area contributed by atoms with E-state index in [1.807, 2.05) is 0 Å². The molecule has 0 saturated carbocycles. The minimum Gasteiger partial charge on any atom is -0.454 e. The predicted molar refractivity (Wildman–Crippen MR) is 89.5 cm³/mol. The van der Waals surface area contributed by atoms with Crippen molar-refractivity contribution >= 4 is 27.7 Å². The SMILES string of the molecule is CNC(=O)COC(=O)[C@@H]1CCCCN1C1=NS(=O)(=O)c2ccccc21. The maximum absolute atomic E-state index is 12.4. The fourth-order valence-electron chi connectivity index (χ4n) is 3.03. The Kier molecular flexibility index (Phi) is 4.76. The summed E-state index contributed by atoms with van der Waals surface area (Å²) in [6.45, 7) is 0.142. The summed E-state index contributed by atoms with van der Waals surface area (Å²) < 4.78 is 33.5. The number of hydrogen-bond acceptors (Lipinski definition) is 6. The average molecular weight is 365 g/mol. The Morgan fingerprint density at radius 1 is 1.32 bits per heavy atom. The lowest BCUT2D eigenvalue weighted by Crippen LogP contribution is -2.49. The van der Waals surface area contributed by atoms with Crippen molar-refractivity contribution in [2.45, 2.75) is 30.2 Å². The highest BCUT2D eigenvalue weighted by Crippen LogP contribution is 2.30. The highest BCUT2D eigenvalue weighted by Gasteiger charge is 2.38. The third kappa shape index (κ3) is 3.37. The van der Waals surface area contributed by atoms with Gasteiger partial charge in [-0.05, 0) is 31.4 Å². The molecule has 0 bridgehead atoms. The van der Waals surface area contributed by atoms with Crippen molar-refractivity contribution in [1.82, 2.24) is 10.2 Å². The van der Waals surface area contributed by atoms with Crippen LogP contribution in [0.25, 0.3) is 0 Å². The van der Waals surface area contributed by atoms with Gasteiger partial charge in [0, 0.05) is 19.2 Å². The van der Waals surface area contributed by atoms with E-state index in [4.69, 9.17) is 4.74 Å². The zero-order valence-corrected chi connectivity index (χ0v) is 14.6. The first-order valence-electron chi connectivity index (χ1n) is 8.02. The van der Waals surface area contributed by atoms with Gasteiger partial charge in [0.25, 0.3) is 15.9 Å². The van der Waals surface area contributed by atoms with Gasteiger partial charge in [-0.15, -0.1) is 4.40 Å². The van der Waals surface area contributed by atoms with Crippen LogP contribution in [0, 0.1) is 0 Å². The molecule has 1 saturated heterocycles. The molecule has 0 spiro atoms. The van der Waals surface area contributed by atoms with Crippen LogP contribution in [0.4, 0.5) is 0 Å². The van der Waals surface area contributed by atoms with Gasteiger partial charge in [-0.3, -0.25) is 4.79 Å². The summed E-state index contributed by atoms with van der Waals surface area (Å²) in [5, 5.41) is 2.38. The van der Waals surface area contributed by atoms with Gasteiger partial charge >= 0.3 is 5.97 Å². The lowest BCUT2D eigenvalue weighted by Gasteiger charge is -2.35. The number of fused-ring (bicyclic) bond motifs is 1. The number of nitrogens with one attached hydrogen (secondary N) is 1. The smallest absolute Gasteiger partial charge is 0.329 e. The molecule has 25 heavy (non-hydrogen) atoms. The fraction of sp³-hybridized carbons (Fsp3) is 0.438. The monoisotopic (exact) mass is 365 g/mol. The minimum atomic E-state index is -3.75. The Morgan fingerprint density at radius 3 is 2.84 bits per heavy atom. The van der Waals surface area contributed by atoms with Crippen LogP contribution >= 0.6 is 0 Å². The second-order valence-electron chi connectivity index (χ2n) is 5.87. The summed E-state index contributed by atoms with van der Waals surface area (Å²) >= 11 is 0. The molecule has 2 heterocycles. The normalized spacial score (nSPS) is 21.2. The molecule has 1 N–H and O–H groups in total. The van der Waals surface area contributed by atoms with Crippen LogP contribution in [0.1, 0.15) is 24.8 Å². The predicted octanol–water partition coefficient (Wildman–Crippen LogP) is 0.279. The molecule has 134 valence electrons. The van der Waals surface area contributed by atoms with Crippen LogP contribution < -0.4 is 5.32 Å². The van der Waals surface area contributed by atoms with Gasteiger partial charge < -0.3 is 15.0 Å². The van der Waals surface area contributed by atoms with Crippen molar-refractivity contribution < 1.29 is 22.7 Å². The quantitative estimate of drug-likeness (QED) is 0.772.